The lowest BCUT2D eigenvalue weighted by Gasteiger charge is -2.00. The number of hydrogen-bond acceptors (Lipinski definition) is 1. The summed E-state index contributed by atoms with van der Waals surface area (Å²) in [5.74, 6) is -0.0638. The van der Waals surface area contributed by atoms with E-state index in [-0.39, 0.29) is 10.5 Å². The van der Waals surface area contributed by atoms with Crippen LogP contribution in [0.1, 0.15) is 6.92 Å². The Kier molecular flexibility index (Phi) is 4.50. The van der Waals surface area contributed by atoms with E-state index in [4.69, 9.17) is 7.74 Å². The molecule has 0 spiro atoms. The smallest absolute Gasteiger partial charge is 0.269 e. The van der Waals surface area contributed by atoms with Crippen LogP contribution in [0, 0.1) is 0 Å². The zero-order valence-electron chi connectivity index (χ0n) is 4.52. The fourth-order valence-corrected chi connectivity index (χ4v) is 0.681. The summed E-state index contributed by atoms with van der Waals surface area (Å²) in [5.41, 5.74) is 0. The minimum absolute atomic E-state index is 0.0508. The van der Waals surface area contributed by atoms with E-state index in [9.17, 15) is 4.79 Å². The van der Waals surface area contributed by atoms with Crippen LogP contribution in [0.5, 0.6) is 0 Å². The van der Waals surface area contributed by atoms with Crippen molar-refractivity contribution < 1.29 is 4.79 Å². The summed E-state index contributed by atoms with van der Waals surface area (Å²) in [7, 11) is 6.49. The van der Waals surface area contributed by atoms with E-state index in [1.165, 1.54) is 14.0 Å². The summed E-state index contributed by atoms with van der Waals surface area (Å²) >= 11 is 2.01. The second-order valence-corrected chi connectivity index (χ2v) is 2.64. The standard InChI is InChI=1S/C2H4B3INO/c1-2(8)7-5(6)4-3/h1H3,(H,7,8). The molecular formula is C2H4B3INO. The van der Waals surface area contributed by atoms with Crippen LogP contribution in [0.3, 0.4) is 0 Å². The average molecular weight is 217 g/mol. The Bertz CT molecular complexity index is 89.4. The SMILES string of the molecule is [B][B]B(I)NC(C)=O. The van der Waals surface area contributed by atoms with E-state index >= 15 is 0 Å². The van der Waals surface area contributed by atoms with Gasteiger partial charge in [-0.3, -0.25) is 4.79 Å². The van der Waals surface area contributed by atoms with E-state index < -0.39 is 0 Å². The molecule has 0 aliphatic rings. The number of rotatable bonds is 2. The zero-order chi connectivity index (χ0) is 6.57. The van der Waals surface area contributed by atoms with E-state index in [1.807, 2.05) is 22.4 Å². The number of hydrogen-bond donors (Lipinski definition) is 1. The Labute approximate surface area is 64.8 Å². The molecule has 0 aliphatic heterocycles. The molecule has 0 heterocycles. The van der Waals surface area contributed by atoms with Gasteiger partial charge in [0.2, 0.25) is 5.91 Å². The fourth-order valence-electron chi connectivity index (χ4n) is 0.242. The van der Waals surface area contributed by atoms with Crippen LogP contribution in [-0.4, -0.2) is 25.3 Å². The van der Waals surface area contributed by atoms with Gasteiger partial charge >= 0.3 is 0 Å². The first-order valence-electron chi connectivity index (χ1n) is 2.13. The second-order valence-electron chi connectivity index (χ2n) is 1.29. The van der Waals surface area contributed by atoms with Crippen LogP contribution in [-0.2, 0) is 4.79 Å². The summed E-state index contributed by atoms with van der Waals surface area (Å²) in [4.78, 5) is 10.2. The largest absolute Gasteiger partial charge is 0.397 e. The van der Waals surface area contributed by atoms with Gasteiger partial charge in [0, 0.05) is 14.7 Å². The third-order valence-electron chi connectivity index (χ3n) is 0.510. The van der Waals surface area contributed by atoms with E-state index in [1.54, 1.807) is 0 Å². The molecular weight excluding hydrogens is 213 g/mol. The first-order chi connectivity index (χ1) is 3.66. The molecule has 2 nitrogen and oxygen atoms in total. The lowest BCUT2D eigenvalue weighted by Crippen LogP contribution is -2.37. The minimum atomic E-state index is -0.0638. The van der Waals surface area contributed by atoms with E-state index in [0.29, 0.717) is 0 Å². The van der Waals surface area contributed by atoms with E-state index in [0.717, 1.165) is 0 Å². The highest BCUT2D eigenvalue weighted by Crippen LogP contribution is 1.83. The molecule has 0 aromatic rings. The second kappa shape index (κ2) is 4.29. The van der Waals surface area contributed by atoms with Gasteiger partial charge in [-0.2, -0.15) is 0 Å². The van der Waals surface area contributed by atoms with Gasteiger partial charge < -0.3 is 5.23 Å². The number of carbonyl (C=O) groups is 1. The molecule has 0 saturated carbocycles. The van der Waals surface area contributed by atoms with Gasteiger partial charge in [-0.05, 0) is 0 Å². The minimum Gasteiger partial charge on any atom is -0.397 e. The highest BCUT2D eigenvalue weighted by molar-refractivity contribution is 14.1. The summed E-state index contributed by atoms with van der Waals surface area (Å²) in [6.07, 6.45) is 0. The van der Waals surface area contributed by atoms with Gasteiger partial charge in [0.15, 0.2) is 0 Å². The van der Waals surface area contributed by atoms with Crippen molar-refractivity contribution in [3.05, 3.63) is 0 Å². The van der Waals surface area contributed by atoms with Crippen LogP contribution in [0.25, 0.3) is 0 Å². The molecule has 0 aliphatic carbocycles. The first-order valence-corrected chi connectivity index (χ1v) is 3.37. The van der Waals surface area contributed by atoms with Gasteiger partial charge in [-0.25, -0.2) is 0 Å². The van der Waals surface area contributed by atoms with Crippen molar-refractivity contribution >= 4 is 47.7 Å². The van der Waals surface area contributed by atoms with E-state index in [2.05, 4.69) is 5.23 Å². The molecule has 0 aromatic heterocycles. The van der Waals surface area contributed by atoms with Crippen LogP contribution in [0.2, 0.25) is 0 Å². The molecule has 1 amide bonds. The van der Waals surface area contributed by atoms with Crippen molar-refractivity contribution in [3.63, 3.8) is 0 Å². The highest BCUT2D eigenvalue weighted by Gasteiger charge is 2.05. The number of carbonyl (C=O) groups excluding carboxylic acids is 1. The predicted octanol–water partition coefficient (Wildman–Crippen LogP) is -0.670. The van der Waals surface area contributed by atoms with Gasteiger partial charge in [0.1, 0.15) is 0 Å². The highest BCUT2D eigenvalue weighted by atomic mass is 127. The van der Waals surface area contributed by atoms with Gasteiger partial charge in [0.05, 0.1) is 7.06 Å². The Morgan fingerprint density at radius 3 is 2.62 bits per heavy atom. The predicted molar refractivity (Wildman–Crippen MR) is 45.1 cm³/mol. The van der Waals surface area contributed by atoms with Crippen LogP contribution in [0.15, 0.2) is 0 Å². The molecule has 0 rings (SSSR count). The normalized spacial score (nSPS) is 7.75. The topological polar surface area (TPSA) is 29.1 Å². The molecule has 0 atom stereocenters. The van der Waals surface area contributed by atoms with Gasteiger partial charge in [-0.15, -0.1) is 22.4 Å². The molecule has 3 radical (unpaired) electrons. The van der Waals surface area contributed by atoms with Crippen molar-refractivity contribution in [2.45, 2.75) is 6.92 Å². The third-order valence-corrected chi connectivity index (χ3v) is 1.24. The molecule has 0 unspecified atom stereocenters. The third kappa shape index (κ3) is 4.55. The zero-order valence-corrected chi connectivity index (χ0v) is 6.68. The maximum Gasteiger partial charge on any atom is 0.269 e. The Morgan fingerprint density at radius 2 is 2.50 bits per heavy atom. The summed E-state index contributed by atoms with van der Waals surface area (Å²) in [6.45, 7) is 1.45. The van der Waals surface area contributed by atoms with Crippen LogP contribution in [0.4, 0.5) is 0 Å². The number of halogens is 1. The van der Waals surface area contributed by atoms with Crippen molar-refractivity contribution in [2.24, 2.45) is 0 Å². The van der Waals surface area contributed by atoms with Crippen molar-refractivity contribution in [1.82, 2.24) is 5.23 Å². The maximum atomic E-state index is 10.2. The summed E-state index contributed by atoms with van der Waals surface area (Å²) < 4.78 is -0.0508. The van der Waals surface area contributed by atoms with Crippen LogP contribution >= 0.6 is 22.4 Å². The van der Waals surface area contributed by atoms with Crippen molar-refractivity contribution in [3.8, 4) is 0 Å². The molecule has 0 bridgehead atoms. The molecule has 8 heavy (non-hydrogen) atoms. The Morgan fingerprint density at radius 1 is 2.00 bits per heavy atom. The van der Waals surface area contributed by atoms with Gasteiger partial charge in [0.25, 0.3) is 4.59 Å². The number of amides is 1. The molecule has 0 aromatic carbocycles. The Balaban J connectivity index is 3.24. The molecule has 0 fully saturated rings. The van der Waals surface area contributed by atoms with Crippen molar-refractivity contribution in [1.29, 1.82) is 0 Å². The average Bonchev–Trinajstić information content (AvgIpc) is 1.65. The fraction of sp³-hybridized carbons (Fsp3) is 0.500. The molecule has 39 valence electrons. The summed E-state index contributed by atoms with van der Waals surface area (Å²) in [5, 5.41) is 2.56. The van der Waals surface area contributed by atoms with Crippen LogP contribution < -0.4 is 5.23 Å². The Hall–Kier alpha value is 0.395. The molecule has 0 saturated heterocycles. The monoisotopic (exact) mass is 218 g/mol. The quantitative estimate of drug-likeness (QED) is 0.482. The molecule has 6 heteroatoms. The first kappa shape index (κ1) is 8.39. The number of nitrogens with one attached hydrogen (secondary N) is 1. The summed E-state index contributed by atoms with van der Waals surface area (Å²) in [6, 6.07) is 0. The van der Waals surface area contributed by atoms with Gasteiger partial charge in [-0.1, -0.05) is 0 Å². The molecule has 1 N–H and O–H groups in total. The lowest BCUT2D eigenvalue weighted by molar-refractivity contribution is -0.117. The maximum absolute atomic E-state index is 10.2. The van der Waals surface area contributed by atoms with Crippen molar-refractivity contribution in [2.75, 3.05) is 0 Å². The lowest BCUT2D eigenvalue weighted by atomic mass is 9.33.